The minimum atomic E-state index is -2.13. The molecule has 0 saturated carbocycles. The van der Waals surface area contributed by atoms with Gasteiger partial charge in [0.2, 0.25) is 0 Å². The Balaban J connectivity index is 1.44. The molecule has 5 unspecified atom stereocenters. The number of aromatic hydroxyl groups is 3. The molecule has 1 aromatic heterocycles. The Bertz CT molecular complexity index is 1760. The van der Waals surface area contributed by atoms with Gasteiger partial charge in [-0.3, -0.25) is 4.79 Å². The van der Waals surface area contributed by atoms with E-state index in [0.29, 0.717) is 0 Å². The van der Waals surface area contributed by atoms with Crippen molar-refractivity contribution in [3.8, 4) is 28.6 Å². The van der Waals surface area contributed by atoms with Crippen LogP contribution < -0.4 is 5.43 Å². The van der Waals surface area contributed by atoms with Crippen molar-refractivity contribution >= 4 is 11.0 Å². The second-order valence-electron chi connectivity index (χ2n) is 12.7. The van der Waals surface area contributed by atoms with Gasteiger partial charge in [-0.25, -0.2) is 0 Å². The molecule has 0 bridgehead atoms. The number of hydrogen-bond donors (Lipinski definition) is 13. The summed E-state index contributed by atoms with van der Waals surface area (Å²) in [6.07, 6.45) is -25.3. The normalized spacial score (nSPS) is 37.5. The highest BCUT2D eigenvalue weighted by Gasteiger charge is 2.50. The predicted octanol–water partition coefficient (Wildman–Crippen LogP) is -3.93. The van der Waals surface area contributed by atoms with Gasteiger partial charge in [0.25, 0.3) is 0 Å². The summed E-state index contributed by atoms with van der Waals surface area (Å²) in [5.41, 5.74) is -2.52. The summed E-state index contributed by atoms with van der Waals surface area (Å²) in [7, 11) is 0. The van der Waals surface area contributed by atoms with E-state index in [9.17, 15) is 71.2 Å². The van der Waals surface area contributed by atoms with Crippen molar-refractivity contribution in [2.24, 2.45) is 0 Å². The lowest BCUT2D eigenvalue weighted by molar-refractivity contribution is -0.314. The lowest BCUT2D eigenvalue weighted by Crippen LogP contribution is -2.60. The summed E-state index contributed by atoms with van der Waals surface area (Å²) in [6, 6.07) is 6.34. The third-order valence-electron chi connectivity index (χ3n) is 9.40. The second-order valence-corrected chi connectivity index (χ2v) is 12.7. The number of fused-ring (bicyclic) bond motifs is 1. The van der Waals surface area contributed by atoms with Gasteiger partial charge in [-0.1, -0.05) is 0 Å². The monoisotopic (exact) mass is 726 g/mol. The molecular weight excluding hydrogens is 688 g/mol. The zero-order valence-corrected chi connectivity index (χ0v) is 26.4. The fourth-order valence-corrected chi connectivity index (χ4v) is 6.49. The van der Waals surface area contributed by atoms with Gasteiger partial charge in [0.15, 0.2) is 17.3 Å². The van der Waals surface area contributed by atoms with E-state index < -0.39 is 144 Å². The number of ether oxygens (including phenoxy) is 4. The molecular formula is C32H38O19. The molecule has 3 saturated heterocycles. The van der Waals surface area contributed by atoms with Crippen molar-refractivity contribution in [3.05, 3.63) is 51.7 Å². The molecule has 3 aliphatic rings. The lowest BCUT2D eigenvalue weighted by Gasteiger charge is -2.43. The molecule has 6 rings (SSSR count). The van der Waals surface area contributed by atoms with Crippen molar-refractivity contribution in [2.75, 3.05) is 19.8 Å². The van der Waals surface area contributed by atoms with Crippen LogP contribution in [0.15, 0.2) is 39.5 Å². The molecule has 51 heavy (non-hydrogen) atoms. The molecule has 13 N–H and O–H groups in total. The largest absolute Gasteiger partial charge is 0.508 e. The molecule has 0 aliphatic carbocycles. The Morgan fingerprint density at radius 3 is 1.98 bits per heavy atom. The molecule has 3 aliphatic heterocycles. The quantitative estimate of drug-likeness (QED) is 0.111. The van der Waals surface area contributed by atoms with Crippen LogP contribution in [-0.4, -0.2) is 160 Å². The van der Waals surface area contributed by atoms with E-state index in [4.69, 9.17) is 23.4 Å². The van der Waals surface area contributed by atoms with E-state index >= 15 is 0 Å². The van der Waals surface area contributed by atoms with Gasteiger partial charge in [-0.15, -0.1) is 0 Å². The van der Waals surface area contributed by atoms with E-state index in [2.05, 4.69) is 0 Å². The molecule has 3 fully saturated rings. The summed E-state index contributed by atoms with van der Waals surface area (Å²) < 4.78 is 28.1. The van der Waals surface area contributed by atoms with Crippen LogP contribution in [0.4, 0.5) is 0 Å². The summed E-state index contributed by atoms with van der Waals surface area (Å²) >= 11 is 0. The highest BCUT2D eigenvalue weighted by molar-refractivity contribution is 5.92. The third-order valence-corrected chi connectivity index (χ3v) is 9.40. The van der Waals surface area contributed by atoms with Gasteiger partial charge in [-0.05, 0) is 24.3 Å². The Hall–Kier alpha value is -3.51. The average Bonchev–Trinajstić information content (AvgIpc) is 3.10. The van der Waals surface area contributed by atoms with E-state index in [-0.39, 0.29) is 17.1 Å². The van der Waals surface area contributed by atoms with Crippen LogP contribution >= 0.6 is 0 Å². The number of rotatable bonds is 7. The van der Waals surface area contributed by atoms with Crippen LogP contribution in [0.1, 0.15) is 23.3 Å². The van der Waals surface area contributed by atoms with Crippen molar-refractivity contribution in [1.29, 1.82) is 0 Å². The molecule has 0 amide bonds. The van der Waals surface area contributed by atoms with Gasteiger partial charge in [0.05, 0.1) is 30.9 Å². The minimum Gasteiger partial charge on any atom is -0.508 e. The van der Waals surface area contributed by atoms with Crippen LogP contribution in [-0.2, 0) is 18.9 Å². The number of aliphatic hydroxyl groups excluding tert-OH is 10. The molecule has 14 atom stereocenters. The van der Waals surface area contributed by atoms with Crippen molar-refractivity contribution in [2.45, 2.75) is 85.6 Å². The fourth-order valence-electron chi connectivity index (χ4n) is 6.49. The van der Waals surface area contributed by atoms with Gasteiger partial charge in [0.1, 0.15) is 108 Å². The van der Waals surface area contributed by atoms with Crippen LogP contribution in [0.5, 0.6) is 17.2 Å². The first kappa shape index (κ1) is 37.3. The lowest BCUT2D eigenvalue weighted by atomic mass is 9.85. The molecule has 19 nitrogen and oxygen atoms in total. The van der Waals surface area contributed by atoms with Crippen molar-refractivity contribution in [3.63, 3.8) is 0 Å². The predicted molar refractivity (Wildman–Crippen MR) is 165 cm³/mol. The fraction of sp³-hybridized carbons (Fsp3) is 0.531. The van der Waals surface area contributed by atoms with E-state index in [1.54, 1.807) is 0 Å². The maximum absolute atomic E-state index is 13.7. The average molecular weight is 727 g/mol. The Labute approximate surface area is 286 Å². The number of phenolic OH excluding ortho intramolecular Hbond substituents is 3. The summed E-state index contributed by atoms with van der Waals surface area (Å²) in [4.78, 5) is 13.7. The van der Waals surface area contributed by atoms with E-state index in [0.717, 1.165) is 6.07 Å². The van der Waals surface area contributed by atoms with E-state index in [1.807, 2.05) is 0 Å². The highest BCUT2D eigenvalue weighted by atomic mass is 16.7. The zero-order chi connectivity index (χ0) is 37.0. The third kappa shape index (κ3) is 6.55. The smallest absolute Gasteiger partial charge is 0.197 e. The van der Waals surface area contributed by atoms with Crippen LogP contribution in [0.3, 0.4) is 0 Å². The molecule has 4 heterocycles. The maximum atomic E-state index is 13.7. The van der Waals surface area contributed by atoms with Crippen LogP contribution in [0.25, 0.3) is 22.3 Å². The number of aliphatic hydroxyl groups is 10. The van der Waals surface area contributed by atoms with Gasteiger partial charge in [-0.2, -0.15) is 0 Å². The van der Waals surface area contributed by atoms with Gasteiger partial charge >= 0.3 is 0 Å². The second kappa shape index (κ2) is 14.5. The summed E-state index contributed by atoms with van der Waals surface area (Å²) in [5.74, 6) is -2.28. The highest BCUT2D eigenvalue weighted by Crippen LogP contribution is 2.50. The molecule has 0 radical (unpaired) electrons. The van der Waals surface area contributed by atoms with Crippen LogP contribution in [0.2, 0.25) is 0 Å². The first-order valence-electron chi connectivity index (χ1n) is 15.8. The summed E-state index contributed by atoms with van der Waals surface area (Å²) in [6.45, 7) is -2.12. The topological polar surface area (TPSA) is 330 Å². The number of phenols is 3. The maximum Gasteiger partial charge on any atom is 0.197 e. The van der Waals surface area contributed by atoms with Crippen molar-refractivity contribution in [1.82, 2.24) is 0 Å². The Morgan fingerprint density at radius 1 is 0.686 bits per heavy atom. The van der Waals surface area contributed by atoms with Crippen LogP contribution in [0, 0.1) is 0 Å². The van der Waals surface area contributed by atoms with Gasteiger partial charge in [0, 0.05) is 11.6 Å². The van der Waals surface area contributed by atoms with Gasteiger partial charge < -0.3 is 89.7 Å². The Kier molecular flexibility index (Phi) is 10.6. The molecule has 3 aromatic rings. The first-order valence-corrected chi connectivity index (χ1v) is 15.8. The molecule has 2 aromatic carbocycles. The molecule has 19 heteroatoms. The van der Waals surface area contributed by atoms with E-state index in [1.165, 1.54) is 24.3 Å². The zero-order valence-electron chi connectivity index (χ0n) is 26.4. The molecule has 280 valence electrons. The van der Waals surface area contributed by atoms with Crippen molar-refractivity contribution < 1.29 is 89.7 Å². The Morgan fingerprint density at radius 2 is 1.31 bits per heavy atom. The number of hydrogen-bond acceptors (Lipinski definition) is 19. The summed E-state index contributed by atoms with van der Waals surface area (Å²) in [5, 5.41) is 137. The standard InChI is InChI=1S/C32H38O19/c33-6-14-20(38)25(43)28(46)32(51-14)48-8-15-21(39)24(42)27(45)31(50-15)17-22(40)16-11(35)5-13(9-1-3-10(34)4-2-9)49-29(16)18(23(17)41)30-26(44)19(37)12(36)7-47-30/h1-5,12,14-15,19-21,24-28,30-34,36-46H,6-8H2/t12-,14?,15?,19-,20+,21+,24-,25-,26?,27?,28?,30-,31-,32+/m0/s1. The SMILES string of the molecule is O=c1cc(-c2ccc(O)cc2)oc2c([C@@H]3OC[C@H](O)[C@H](O)C3O)c(O)c([C@@H]3OC(CO[C@@H]4OC(CO)[C@@H](O)[C@H](O)C4O)[C@@H](O)[C@H](O)C3O)c(O)c12. The molecule has 0 spiro atoms. The first-order chi connectivity index (χ1) is 24.2. The minimum absolute atomic E-state index is 0.107. The number of benzene rings is 2.